The summed E-state index contributed by atoms with van der Waals surface area (Å²) in [6, 6.07) is 1.65. The number of aromatic nitrogens is 3. The summed E-state index contributed by atoms with van der Waals surface area (Å²) in [5.41, 5.74) is 0.909. The van der Waals surface area contributed by atoms with Gasteiger partial charge in [-0.15, -0.1) is 11.3 Å². The van der Waals surface area contributed by atoms with Crippen molar-refractivity contribution in [3.63, 3.8) is 0 Å². The fraction of sp³-hybridized carbons (Fsp3) is 0.333. The van der Waals surface area contributed by atoms with E-state index in [1.165, 1.54) is 29.0 Å². The lowest BCUT2D eigenvalue weighted by molar-refractivity contribution is 0.459. The molecule has 18 heavy (non-hydrogen) atoms. The number of aromatic amines is 1. The lowest BCUT2D eigenvalue weighted by Crippen LogP contribution is -2.26. The molecule has 2 aromatic rings. The molecule has 0 amide bonds. The molecule has 0 atom stereocenters. The zero-order chi connectivity index (χ0) is 13.3. The molecule has 0 saturated heterocycles. The van der Waals surface area contributed by atoms with Gasteiger partial charge in [0.1, 0.15) is 16.4 Å². The van der Waals surface area contributed by atoms with E-state index in [1.54, 1.807) is 6.07 Å². The second kappa shape index (κ2) is 5.08. The second-order valence-electron chi connectivity index (χ2n) is 3.72. The molecule has 2 aromatic heterocycles. The normalized spacial score (nSPS) is 12.2. The summed E-state index contributed by atoms with van der Waals surface area (Å²) in [4.78, 5) is 3.91. The summed E-state index contributed by atoms with van der Waals surface area (Å²) in [6.45, 7) is 2.02. The van der Waals surface area contributed by atoms with Gasteiger partial charge in [0.25, 0.3) is 10.0 Å². The minimum Gasteiger partial charge on any atom is -0.262 e. The molecule has 0 radical (unpaired) electrons. The summed E-state index contributed by atoms with van der Waals surface area (Å²) in [5, 5.41) is 6.32. The fourth-order valence-corrected chi connectivity index (χ4v) is 4.88. The number of aryl methyl sites for hydroxylation is 1. The third-order valence-electron chi connectivity index (χ3n) is 2.34. The van der Waals surface area contributed by atoms with E-state index >= 15 is 0 Å². The van der Waals surface area contributed by atoms with Gasteiger partial charge >= 0.3 is 0 Å². The first-order valence-electron chi connectivity index (χ1n) is 4.98. The largest absolute Gasteiger partial charge is 0.262 e. The SMILES string of the molecule is Cc1cc(S(=O)(=O)N(C)Cc2ncn[nH]2)sc1Br. The van der Waals surface area contributed by atoms with Gasteiger partial charge in [-0.2, -0.15) is 9.40 Å². The molecule has 0 aliphatic heterocycles. The van der Waals surface area contributed by atoms with Crippen LogP contribution in [0, 0.1) is 6.92 Å². The highest BCUT2D eigenvalue weighted by Gasteiger charge is 2.24. The molecular formula is C9H11BrN4O2S2. The number of halogens is 1. The van der Waals surface area contributed by atoms with Crippen LogP contribution < -0.4 is 0 Å². The van der Waals surface area contributed by atoms with Gasteiger partial charge in [0.15, 0.2) is 0 Å². The van der Waals surface area contributed by atoms with Crippen LogP contribution >= 0.6 is 27.3 Å². The van der Waals surface area contributed by atoms with Gasteiger partial charge < -0.3 is 0 Å². The van der Waals surface area contributed by atoms with Crippen molar-refractivity contribution in [2.24, 2.45) is 0 Å². The van der Waals surface area contributed by atoms with Crippen LogP contribution in [0.25, 0.3) is 0 Å². The van der Waals surface area contributed by atoms with E-state index in [4.69, 9.17) is 0 Å². The summed E-state index contributed by atoms with van der Waals surface area (Å²) < 4.78 is 26.9. The smallest absolute Gasteiger partial charge is 0.252 e. The third-order valence-corrected chi connectivity index (χ3v) is 6.73. The van der Waals surface area contributed by atoms with E-state index in [2.05, 4.69) is 31.1 Å². The van der Waals surface area contributed by atoms with Gasteiger partial charge in [0, 0.05) is 7.05 Å². The summed E-state index contributed by atoms with van der Waals surface area (Å²) in [6.07, 6.45) is 1.35. The van der Waals surface area contributed by atoms with Crippen molar-refractivity contribution in [1.82, 2.24) is 19.5 Å². The number of hydrogen-bond acceptors (Lipinski definition) is 5. The van der Waals surface area contributed by atoms with Crippen LogP contribution in [0.2, 0.25) is 0 Å². The monoisotopic (exact) mass is 350 g/mol. The van der Waals surface area contributed by atoms with Gasteiger partial charge in [0.05, 0.1) is 10.3 Å². The van der Waals surface area contributed by atoms with Crippen LogP contribution in [0.3, 0.4) is 0 Å². The van der Waals surface area contributed by atoms with Gasteiger partial charge in [-0.1, -0.05) is 0 Å². The average Bonchev–Trinajstić information content (AvgIpc) is 2.90. The molecule has 0 aromatic carbocycles. The highest BCUT2D eigenvalue weighted by molar-refractivity contribution is 9.11. The molecule has 0 fully saturated rings. The van der Waals surface area contributed by atoms with Crippen molar-refractivity contribution in [3.8, 4) is 0 Å². The predicted octanol–water partition coefficient (Wildman–Crippen LogP) is 1.76. The Morgan fingerprint density at radius 3 is 2.78 bits per heavy atom. The third kappa shape index (κ3) is 2.63. The number of hydrogen-bond donors (Lipinski definition) is 1. The Hall–Kier alpha value is -0.770. The minimum absolute atomic E-state index is 0.164. The molecular weight excluding hydrogens is 340 g/mol. The van der Waals surface area contributed by atoms with Crippen molar-refractivity contribution in [3.05, 3.63) is 27.6 Å². The standard InChI is InChI=1S/C9H11BrN4O2S2/c1-6-3-8(17-9(6)10)18(15,16)14(2)4-7-11-5-12-13-7/h3,5H,4H2,1-2H3,(H,11,12,13). The number of H-pyrrole nitrogens is 1. The Kier molecular flexibility index (Phi) is 3.85. The van der Waals surface area contributed by atoms with E-state index in [1.807, 2.05) is 6.92 Å². The van der Waals surface area contributed by atoms with E-state index in [0.717, 1.165) is 9.35 Å². The molecule has 0 aliphatic carbocycles. The topological polar surface area (TPSA) is 79.0 Å². The maximum atomic E-state index is 12.3. The Labute approximate surface area is 117 Å². The van der Waals surface area contributed by atoms with Crippen LogP contribution in [0.15, 0.2) is 20.4 Å². The lowest BCUT2D eigenvalue weighted by Gasteiger charge is -2.13. The molecule has 0 aliphatic rings. The summed E-state index contributed by atoms with van der Waals surface area (Å²) in [5.74, 6) is 0.508. The number of thiophene rings is 1. The van der Waals surface area contributed by atoms with Crippen molar-refractivity contribution in [1.29, 1.82) is 0 Å². The van der Waals surface area contributed by atoms with Gasteiger partial charge in [-0.3, -0.25) is 5.10 Å². The molecule has 98 valence electrons. The highest BCUT2D eigenvalue weighted by atomic mass is 79.9. The van der Waals surface area contributed by atoms with Gasteiger partial charge in [-0.05, 0) is 34.5 Å². The van der Waals surface area contributed by atoms with E-state index in [-0.39, 0.29) is 6.54 Å². The number of rotatable bonds is 4. The van der Waals surface area contributed by atoms with Crippen molar-refractivity contribution >= 4 is 37.3 Å². The first kappa shape index (κ1) is 13.7. The average molecular weight is 351 g/mol. The van der Waals surface area contributed by atoms with E-state index in [9.17, 15) is 8.42 Å². The van der Waals surface area contributed by atoms with Crippen LogP contribution in [0.4, 0.5) is 0 Å². The fourth-order valence-electron chi connectivity index (χ4n) is 1.32. The molecule has 0 saturated carbocycles. The Bertz CT molecular complexity index is 616. The molecule has 1 N–H and O–H groups in total. The predicted molar refractivity (Wildman–Crippen MR) is 71.8 cm³/mol. The Morgan fingerprint density at radius 1 is 1.56 bits per heavy atom. The van der Waals surface area contributed by atoms with Gasteiger partial charge in [0.2, 0.25) is 0 Å². The Morgan fingerprint density at radius 2 is 2.28 bits per heavy atom. The first-order valence-corrected chi connectivity index (χ1v) is 8.02. The minimum atomic E-state index is -3.48. The maximum absolute atomic E-state index is 12.3. The summed E-state index contributed by atoms with van der Waals surface area (Å²) in [7, 11) is -1.97. The van der Waals surface area contributed by atoms with E-state index < -0.39 is 10.0 Å². The summed E-state index contributed by atoms with van der Waals surface area (Å²) >= 11 is 4.53. The first-order chi connectivity index (χ1) is 8.41. The molecule has 0 spiro atoms. The number of sulfonamides is 1. The van der Waals surface area contributed by atoms with E-state index in [0.29, 0.717) is 10.0 Å². The van der Waals surface area contributed by atoms with Crippen molar-refractivity contribution < 1.29 is 8.42 Å². The van der Waals surface area contributed by atoms with Crippen molar-refractivity contribution in [2.75, 3.05) is 7.05 Å². The zero-order valence-corrected chi connectivity index (χ0v) is 12.9. The lowest BCUT2D eigenvalue weighted by atomic mass is 10.4. The second-order valence-corrected chi connectivity index (χ2v) is 8.36. The van der Waals surface area contributed by atoms with Crippen molar-refractivity contribution in [2.45, 2.75) is 17.7 Å². The molecule has 0 unspecified atom stereocenters. The van der Waals surface area contributed by atoms with Crippen LogP contribution in [0.5, 0.6) is 0 Å². The number of nitrogens with zero attached hydrogens (tertiary/aromatic N) is 3. The zero-order valence-electron chi connectivity index (χ0n) is 9.71. The van der Waals surface area contributed by atoms with Crippen LogP contribution in [-0.2, 0) is 16.6 Å². The molecule has 2 rings (SSSR count). The van der Waals surface area contributed by atoms with Crippen LogP contribution in [0.1, 0.15) is 11.4 Å². The van der Waals surface area contributed by atoms with Crippen LogP contribution in [-0.4, -0.2) is 35.0 Å². The molecule has 9 heteroatoms. The highest BCUT2D eigenvalue weighted by Crippen LogP contribution is 2.32. The maximum Gasteiger partial charge on any atom is 0.252 e. The quantitative estimate of drug-likeness (QED) is 0.910. The number of nitrogens with one attached hydrogen (secondary N) is 1. The Balaban J connectivity index is 2.25. The van der Waals surface area contributed by atoms with Gasteiger partial charge in [-0.25, -0.2) is 13.4 Å². The molecule has 2 heterocycles. The molecule has 0 bridgehead atoms. The molecule has 6 nitrogen and oxygen atoms in total.